The van der Waals surface area contributed by atoms with Crippen LogP contribution in [0, 0.1) is 6.92 Å². The van der Waals surface area contributed by atoms with E-state index in [1.165, 1.54) is 11.1 Å². The zero-order chi connectivity index (χ0) is 18.5. The number of ether oxygens (including phenoxy) is 3. The van der Waals surface area contributed by atoms with E-state index >= 15 is 0 Å². The van der Waals surface area contributed by atoms with Crippen LogP contribution < -0.4 is 19.5 Å². The molecule has 0 radical (unpaired) electrons. The molecule has 1 N–H and O–H groups in total. The van der Waals surface area contributed by atoms with Gasteiger partial charge in [-0.1, -0.05) is 29.8 Å². The van der Waals surface area contributed by atoms with Crippen molar-refractivity contribution >= 4 is 0 Å². The predicted octanol–water partition coefficient (Wildman–Crippen LogP) is 3.02. The number of rotatable bonds is 6. The van der Waals surface area contributed by atoms with Gasteiger partial charge in [-0.25, -0.2) is 0 Å². The summed E-state index contributed by atoms with van der Waals surface area (Å²) in [5.74, 6) is 2.21. The van der Waals surface area contributed by atoms with Gasteiger partial charge in [0.15, 0.2) is 11.5 Å². The van der Waals surface area contributed by atoms with Gasteiger partial charge < -0.3 is 19.5 Å². The van der Waals surface area contributed by atoms with Crippen molar-refractivity contribution in [1.82, 2.24) is 10.2 Å². The van der Waals surface area contributed by atoms with Crippen molar-refractivity contribution in [2.24, 2.45) is 0 Å². The van der Waals surface area contributed by atoms with Crippen LogP contribution in [0.5, 0.6) is 17.2 Å². The summed E-state index contributed by atoms with van der Waals surface area (Å²) in [6, 6.07) is 12.8. The van der Waals surface area contributed by atoms with Crippen LogP contribution in [0.15, 0.2) is 36.4 Å². The Hall–Kier alpha value is -2.24. The minimum Gasteiger partial charge on any atom is -0.496 e. The lowest BCUT2D eigenvalue weighted by atomic mass is 9.94. The normalized spacial score (nSPS) is 16.2. The van der Waals surface area contributed by atoms with Crippen molar-refractivity contribution < 1.29 is 14.2 Å². The summed E-state index contributed by atoms with van der Waals surface area (Å²) in [5.41, 5.74) is 3.60. The number of nitrogens with zero attached hydrogens (tertiary/aromatic N) is 1. The van der Waals surface area contributed by atoms with Gasteiger partial charge in [0.1, 0.15) is 5.75 Å². The Bertz CT molecular complexity index is 725. The third kappa shape index (κ3) is 3.79. The molecule has 0 amide bonds. The van der Waals surface area contributed by atoms with Gasteiger partial charge in [0, 0.05) is 37.8 Å². The Balaban J connectivity index is 2.12. The molecule has 0 bridgehead atoms. The Labute approximate surface area is 155 Å². The molecule has 1 fully saturated rings. The van der Waals surface area contributed by atoms with Crippen molar-refractivity contribution in [2.75, 3.05) is 47.5 Å². The summed E-state index contributed by atoms with van der Waals surface area (Å²) >= 11 is 0. The number of hydrogen-bond acceptors (Lipinski definition) is 5. The summed E-state index contributed by atoms with van der Waals surface area (Å²) < 4.78 is 16.7. The van der Waals surface area contributed by atoms with Crippen LogP contribution in [0.4, 0.5) is 0 Å². The van der Waals surface area contributed by atoms with E-state index in [0.717, 1.165) is 43.2 Å². The third-order valence-corrected chi connectivity index (χ3v) is 4.94. The maximum atomic E-state index is 5.73. The largest absolute Gasteiger partial charge is 0.496 e. The van der Waals surface area contributed by atoms with E-state index in [2.05, 4.69) is 41.4 Å². The zero-order valence-corrected chi connectivity index (χ0v) is 16.0. The standard InChI is InChI=1S/C21H28N2O3/c1-15-5-7-16(8-6-15)21(23-11-9-22-10-12-23)17-13-19(25-3)20(26-4)14-18(17)24-2/h5-8,13-14,21-22H,9-12H2,1-4H3. The minimum absolute atomic E-state index is 0.104. The fourth-order valence-corrected chi connectivity index (χ4v) is 3.54. The van der Waals surface area contributed by atoms with E-state index in [0.29, 0.717) is 5.75 Å². The van der Waals surface area contributed by atoms with Gasteiger partial charge in [0.05, 0.1) is 27.4 Å². The van der Waals surface area contributed by atoms with E-state index < -0.39 is 0 Å². The molecule has 3 rings (SSSR count). The maximum Gasteiger partial charge on any atom is 0.164 e. The van der Waals surface area contributed by atoms with Crippen LogP contribution in [0.2, 0.25) is 0 Å². The highest BCUT2D eigenvalue weighted by Crippen LogP contribution is 2.41. The lowest BCUT2D eigenvalue weighted by Crippen LogP contribution is -2.45. The van der Waals surface area contributed by atoms with Crippen LogP contribution >= 0.6 is 0 Å². The van der Waals surface area contributed by atoms with E-state index in [-0.39, 0.29) is 6.04 Å². The number of nitrogens with one attached hydrogen (secondary N) is 1. The molecule has 0 aromatic heterocycles. The third-order valence-electron chi connectivity index (χ3n) is 4.94. The van der Waals surface area contributed by atoms with Crippen LogP contribution in [-0.2, 0) is 0 Å². The summed E-state index contributed by atoms with van der Waals surface area (Å²) in [6.07, 6.45) is 0. The lowest BCUT2D eigenvalue weighted by molar-refractivity contribution is 0.195. The monoisotopic (exact) mass is 356 g/mol. The zero-order valence-electron chi connectivity index (χ0n) is 16.0. The van der Waals surface area contributed by atoms with E-state index in [4.69, 9.17) is 14.2 Å². The number of hydrogen-bond donors (Lipinski definition) is 1. The fourth-order valence-electron chi connectivity index (χ4n) is 3.54. The van der Waals surface area contributed by atoms with Crippen molar-refractivity contribution in [3.05, 3.63) is 53.1 Å². The van der Waals surface area contributed by atoms with Gasteiger partial charge in [-0.05, 0) is 18.6 Å². The van der Waals surface area contributed by atoms with E-state index in [1.54, 1.807) is 21.3 Å². The molecule has 0 saturated carbocycles. The molecule has 1 aliphatic heterocycles. The molecule has 26 heavy (non-hydrogen) atoms. The topological polar surface area (TPSA) is 43.0 Å². The Morgan fingerprint density at radius 2 is 1.42 bits per heavy atom. The van der Waals surface area contributed by atoms with E-state index in [9.17, 15) is 0 Å². The van der Waals surface area contributed by atoms with Gasteiger partial charge in [-0.3, -0.25) is 4.90 Å². The first-order valence-electron chi connectivity index (χ1n) is 8.99. The number of methoxy groups -OCH3 is 3. The molecule has 1 atom stereocenters. The van der Waals surface area contributed by atoms with Crippen LogP contribution in [0.1, 0.15) is 22.7 Å². The van der Waals surface area contributed by atoms with Gasteiger partial charge in [-0.2, -0.15) is 0 Å². The highest BCUT2D eigenvalue weighted by atomic mass is 16.5. The maximum absolute atomic E-state index is 5.73. The van der Waals surface area contributed by atoms with Gasteiger partial charge in [0.25, 0.3) is 0 Å². The van der Waals surface area contributed by atoms with Gasteiger partial charge in [0.2, 0.25) is 0 Å². The van der Waals surface area contributed by atoms with Crippen molar-refractivity contribution in [3.63, 3.8) is 0 Å². The highest BCUT2D eigenvalue weighted by Gasteiger charge is 2.28. The van der Waals surface area contributed by atoms with Crippen molar-refractivity contribution in [2.45, 2.75) is 13.0 Å². The number of piperazine rings is 1. The minimum atomic E-state index is 0.104. The molecule has 0 spiro atoms. The second kappa shape index (κ2) is 8.43. The first kappa shape index (κ1) is 18.5. The first-order valence-corrected chi connectivity index (χ1v) is 8.99. The molecule has 140 valence electrons. The Morgan fingerprint density at radius 1 is 0.846 bits per heavy atom. The summed E-state index contributed by atoms with van der Waals surface area (Å²) in [7, 11) is 5.01. The molecular formula is C21H28N2O3. The molecule has 5 nitrogen and oxygen atoms in total. The van der Waals surface area contributed by atoms with Crippen molar-refractivity contribution in [3.8, 4) is 17.2 Å². The van der Waals surface area contributed by atoms with Crippen LogP contribution in [-0.4, -0.2) is 52.4 Å². The second-order valence-electron chi connectivity index (χ2n) is 6.55. The molecule has 1 unspecified atom stereocenters. The van der Waals surface area contributed by atoms with Gasteiger partial charge >= 0.3 is 0 Å². The molecule has 1 aliphatic rings. The number of benzene rings is 2. The smallest absolute Gasteiger partial charge is 0.164 e. The molecule has 0 aliphatic carbocycles. The average Bonchev–Trinajstić information content (AvgIpc) is 2.70. The average molecular weight is 356 g/mol. The van der Waals surface area contributed by atoms with Gasteiger partial charge in [-0.15, -0.1) is 0 Å². The summed E-state index contributed by atoms with van der Waals surface area (Å²) in [4.78, 5) is 2.49. The predicted molar refractivity (Wildman–Crippen MR) is 104 cm³/mol. The fraction of sp³-hybridized carbons (Fsp3) is 0.429. The Kier molecular flexibility index (Phi) is 6.01. The molecule has 1 saturated heterocycles. The van der Waals surface area contributed by atoms with Crippen LogP contribution in [0.25, 0.3) is 0 Å². The molecule has 2 aromatic rings. The molecule has 2 aromatic carbocycles. The van der Waals surface area contributed by atoms with Crippen molar-refractivity contribution in [1.29, 1.82) is 0 Å². The quantitative estimate of drug-likeness (QED) is 0.862. The first-order chi connectivity index (χ1) is 12.7. The summed E-state index contributed by atoms with van der Waals surface area (Å²) in [6.45, 7) is 6.04. The SMILES string of the molecule is COc1cc(OC)c(C(c2ccc(C)cc2)N2CCNCC2)cc1OC. The van der Waals surface area contributed by atoms with Crippen LogP contribution in [0.3, 0.4) is 0 Å². The summed E-state index contributed by atoms with van der Waals surface area (Å²) in [5, 5.41) is 3.43. The molecule has 5 heteroatoms. The number of aryl methyl sites for hydroxylation is 1. The van der Waals surface area contributed by atoms with E-state index in [1.807, 2.05) is 12.1 Å². The molecular weight excluding hydrogens is 328 g/mol. The Morgan fingerprint density at radius 3 is 2.00 bits per heavy atom. The highest BCUT2D eigenvalue weighted by molar-refractivity contribution is 5.54. The second-order valence-corrected chi connectivity index (χ2v) is 6.55. The molecule has 1 heterocycles. The lowest BCUT2D eigenvalue weighted by Gasteiger charge is -2.36.